The van der Waals surface area contributed by atoms with Gasteiger partial charge in [-0.05, 0) is 24.5 Å². The summed E-state index contributed by atoms with van der Waals surface area (Å²) in [6.07, 6.45) is -0.323. The second-order valence-electron chi connectivity index (χ2n) is 5.18. The van der Waals surface area contributed by atoms with Gasteiger partial charge in [0.2, 0.25) is 0 Å². The van der Waals surface area contributed by atoms with E-state index >= 15 is 0 Å². The number of benzene rings is 1. The predicted molar refractivity (Wildman–Crippen MR) is 70.2 cm³/mol. The Morgan fingerprint density at radius 3 is 2.25 bits per heavy atom. The van der Waals surface area contributed by atoms with Gasteiger partial charge >= 0.3 is 10.2 Å². The summed E-state index contributed by atoms with van der Waals surface area (Å²) in [4.78, 5) is 0. The van der Waals surface area contributed by atoms with Gasteiger partial charge < -0.3 is 4.74 Å². The van der Waals surface area contributed by atoms with E-state index in [9.17, 15) is 19.4 Å². The first-order valence-electron chi connectivity index (χ1n) is 6.01. The minimum Gasteiger partial charge on any atom is -0.370 e. The molecule has 114 valence electrons. The molecular weight excluding hydrogens is 299 g/mol. The summed E-state index contributed by atoms with van der Waals surface area (Å²) in [7, 11) is -9.53. The fraction of sp³-hybridized carbons (Fsp3) is 0.385. The molecule has 20 heavy (non-hydrogen) atoms. The van der Waals surface area contributed by atoms with Crippen LogP contribution in [0.2, 0.25) is 0 Å². The summed E-state index contributed by atoms with van der Waals surface area (Å²) in [5, 5.41) is -0.760. The fourth-order valence-corrected chi connectivity index (χ4v) is 3.20. The first-order chi connectivity index (χ1) is 8.87. The number of ether oxygens (including phenoxy) is 1. The molecular formula is C13H15F5OS. The average Bonchev–Trinajstić information content (AvgIpc) is 2.26. The Kier molecular flexibility index (Phi) is 3.04. The normalized spacial score (nSPS) is 29.8. The molecule has 0 spiro atoms. The maximum absolute atomic E-state index is 12.5. The van der Waals surface area contributed by atoms with Crippen molar-refractivity contribution in [2.24, 2.45) is 0 Å². The second-order valence-corrected chi connectivity index (χ2v) is 7.47. The van der Waals surface area contributed by atoms with Gasteiger partial charge in [-0.15, -0.1) is 0 Å². The third-order valence-electron chi connectivity index (χ3n) is 3.18. The van der Waals surface area contributed by atoms with Crippen molar-refractivity contribution >= 4 is 10.2 Å². The highest BCUT2D eigenvalue weighted by molar-refractivity contribution is 8.48. The lowest BCUT2D eigenvalue weighted by molar-refractivity contribution is -0.0524. The molecule has 0 amide bonds. The fourth-order valence-electron chi connectivity index (χ4n) is 2.37. The molecule has 7 heteroatoms. The van der Waals surface area contributed by atoms with Gasteiger partial charge in [0.1, 0.15) is 0 Å². The molecule has 0 aliphatic carbocycles. The number of halogens is 5. The number of hydrogen-bond acceptors (Lipinski definition) is 1. The second kappa shape index (κ2) is 3.98. The lowest BCUT2D eigenvalue weighted by atomic mass is 9.86. The van der Waals surface area contributed by atoms with Crippen molar-refractivity contribution in [3.63, 3.8) is 0 Å². The van der Waals surface area contributed by atoms with E-state index < -0.39 is 21.2 Å². The lowest BCUT2D eigenvalue weighted by Gasteiger charge is -2.41. The van der Waals surface area contributed by atoms with E-state index in [1.165, 1.54) is 0 Å². The van der Waals surface area contributed by atoms with Gasteiger partial charge in [0.15, 0.2) is 0 Å². The van der Waals surface area contributed by atoms with Gasteiger partial charge in [-0.3, -0.25) is 0 Å². The molecule has 1 nitrogen and oxygen atoms in total. The van der Waals surface area contributed by atoms with Crippen LogP contribution in [0.4, 0.5) is 19.4 Å². The summed E-state index contributed by atoms with van der Waals surface area (Å²) in [5.74, 6) is 0. The first kappa shape index (κ1) is 15.3. The largest absolute Gasteiger partial charge is 0.370 e. The Hall–Kier alpha value is -1.08. The van der Waals surface area contributed by atoms with Crippen LogP contribution >= 0.6 is 10.2 Å². The molecule has 0 radical (unpaired) electrons. The van der Waals surface area contributed by atoms with Crippen molar-refractivity contribution in [3.8, 4) is 0 Å². The van der Waals surface area contributed by atoms with Crippen LogP contribution in [-0.4, -0.2) is 6.61 Å². The monoisotopic (exact) mass is 314 g/mol. The predicted octanol–water partition coefficient (Wildman–Crippen LogP) is 5.89. The minimum absolute atomic E-state index is 0.00886. The standard InChI is InChI=1S/C13H15F5OS/c1-13(12-5-3-2-4-6-12)9-11(7-8-19-13)10-20(14,15,16,17)18/h2-6,10H,7-9H2,1H3/b11-10+. The maximum atomic E-state index is 12.5. The van der Waals surface area contributed by atoms with E-state index in [1.807, 2.05) is 0 Å². The van der Waals surface area contributed by atoms with Crippen molar-refractivity contribution < 1.29 is 24.2 Å². The zero-order chi connectivity index (χ0) is 15.1. The van der Waals surface area contributed by atoms with Crippen LogP contribution in [-0.2, 0) is 10.3 Å². The Balaban J connectivity index is 2.33. The van der Waals surface area contributed by atoms with Crippen LogP contribution in [0.1, 0.15) is 25.3 Å². The zero-order valence-electron chi connectivity index (χ0n) is 10.8. The van der Waals surface area contributed by atoms with Gasteiger partial charge in [-0.2, -0.15) is 0 Å². The van der Waals surface area contributed by atoms with Gasteiger partial charge in [0.05, 0.1) is 17.6 Å². The van der Waals surface area contributed by atoms with E-state index in [1.54, 1.807) is 37.3 Å². The number of rotatable bonds is 2. The third kappa shape index (κ3) is 4.21. The summed E-state index contributed by atoms with van der Waals surface area (Å²) in [6.45, 7) is 1.60. The topological polar surface area (TPSA) is 9.23 Å². The summed E-state index contributed by atoms with van der Waals surface area (Å²) >= 11 is 0. The van der Waals surface area contributed by atoms with Crippen molar-refractivity contribution in [1.29, 1.82) is 0 Å². The van der Waals surface area contributed by atoms with E-state index in [0.717, 1.165) is 0 Å². The van der Waals surface area contributed by atoms with Crippen molar-refractivity contribution in [2.45, 2.75) is 25.4 Å². The highest BCUT2D eigenvalue weighted by Crippen LogP contribution is 2.99. The minimum atomic E-state index is -9.53. The molecule has 0 saturated carbocycles. The van der Waals surface area contributed by atoms with Crippen molar-refractivity contribution in [3.05, 3.63) is 46.9 Å². The van der Waals surface area contributed by atoms with Gasteiger partial charge in [0.25, 0.3) is 0 Å². The Bertz CT molecular complexity index is 537. The summed E-state index contributed by atoms with van der Waals surface area (Å²) < 4.78 is 68.2. The van der Waals surface area contributed by atoms with Crippen LogP contribution in [0.25, 0.3) is 0 Å². The Morgan fingerprint density at radius 1 is 1.10 bits per heavy atom. The molecule has 2 rings (SSSR count). The summed E-state index contributed by atoms with van der Waals surface area (Å²) in [5.41, 5.74) is -0.650. The van der Waals surface area contributed by atoms with Crippen LogP contribution in [0.5, 0.6) is 0 Å². The van der Waals surface area contributed by atoms with Crippen molar-refractivity contribution in [1.82, 2.24) is 0 Å². The van der Waals surface area contributed by atoms with Crippen LogP contribution < -0.4 is 0 Å². The third-order valence-corrected chi connectivity index (χ3v) is 3.96. The van der Waals surface area contributed by atoms with E-state index in [2.05, 4.69) is 0 Å². The average molecular weight is 314 g/mol. The number of hydrogen-bond donors (Lipinski definition) is 0. The zero-order valence-corrected chi connectivity index (χ0v) is 11.6. The quantitative estimate of drug-likeness (QED) is 0.618. The molecule has 1 heterocycles. The molecule has 1 unspecified atom stereocenters. The van der Waals surface area contributed by atoms with Crippen LogP contribution in [0.15, 0.2) is 41.3 Å². The summed E-state index contributed by atoms with van der Waals surface area (Å²) in [6, 6.07) is 8.64. The molecule has 1 atom stereocenters. The van der Waals surface area contributed by atoms with Crippen LogP contribution in [0, 0.1) is 0 Å². The van der Waals surface area contributed by atoms with Crippen LogP contribution in [0.3, 0.4) is 0 Å². The van der Waals surface area contributed by atoms with E-state index in [0.29, 0.717) is 5.56 Å². The molecule has 1 fully saturated rings. The first-order valence-corrected chi connectivity index (χ1v) is 8.02. The van der Waals surface area contributed by atoms with E-state index in [4.69, 9.17) is 4.74 Å². The highest BCUT2D eigenvalue weighted by atomic mass is 32.5. The highest BCUT2D eigenvalue weighted by Gasteiger charge is 2.61. The maximum Gasteiger partial charge on any atom is 0.304 e. The molecule has 0 N–H and O–H groups in total. The van der Waals surface area contributed by atoms with Gasteiger partial charge in [-0.25, -0.2) is 0 Å². The smallest absolute Gasteiger partial charge is 0.304 e. The molecule has 1 aromatic carbocycles. The molecule has 1 aliphatic rings. The molecule has 1 aliphatic heterocycles. The molecule has 1 aromatic rings. The Labute approximate surface area is 114 Å². The van der Waals surface area contributed by atoms with Crippen molar-refractivity contribution in [2.75, 3.05) is 6.61 Å². The lowest BCUT2D eigenvalue weighted by Crippen LogP contribution is -2.31. The van der Waals surface area contributed by atoms with Gasteiger partial charge in [-0.1, -0.05) is 49.8 Å². The molecule has 0 aromatic heterocycles. The molecule has 0 bridgehead atoms. The Morgan fingerprint density at radius 2 is 1.70 bits per heavy atom. The SMILES string of the molecule is CC1(c2ccccc2)C/C(=C/S(F)(F)(F)(F)F)CCO1. The van der Waals surface area contributed by atoms with Gasteiger partial charge in [0, 0.05) is 6.42 Å². The van der Waals surface area contributed by atoms with E-state index in [-0.39, 0.29) is 25.0 Å². The molecule has 1 saturated heterocycles.